The van der Waals surface area contributed by atoms with Crippen LogP contribution in [0.5, 0.6) is 0 Å². The fourth-order valence-corrected chi connectivity index (χ4v) is 2.86. The Morgan fingerprint density at radius 1 is 1.16 bits per heavy atom. The molecular weight excluding hydrogens is 244 g/mol. The first-order valence-electron chi connectivity index (χ1n) is 7.23. The molecule has 1 aliphatic carbocycles. The number of carboxylic acid groups (broad SMARTS) is 1. The van der Waals surface area contributed by atoms with Crippen LogP contribution in [0, 0.1) is 5.92 Å². The van der Waals surface area contributed by atoms with E-state index in [0.717, 1.165) is 32.1 Å². The predicted molar refractivity (Wildman–Crippen MR) is 71.9 cm³/mol. The first-order chi connectivity index (χ1) is 8.92. The Bertz CT molecular complexity index is 364. The molecule has 2 N–H and O–H groups in total. The first-order valence-corrected chi connectivity index (χ1v) is 7.23. The Balaban J connectivity index is 2.03. The van der Waals surface area contributed by atoms with Gasteiger partial charge in [0.15, 0.2) is 0 Å². The molecule has 0 radical (unpaired) electrons. The van der Waals surface area contributed by atoms with E-state index in [1.54, 1.807) is 0 Å². The fraction of sp³-hybridized carbons (Fsp3) is 0.857. The second kappa shape index (κ2) is 5.39. The number of carboxylic acids is 1. The van der Waals surface area contributed by atoms with Crippen LogP contribution >= 0.6 is 0 Å². The van der Waals surface area contributed by atoms with Crippen molar-refractivity contribution in [3.05, 3.63) is 0 Å². The van der Waals surface area contributed by atoms with E-state index < -0.39 is 12.0 Å². The number of nitrogens with zero attached hydrogens (tertiary/aromatic N) is 1. The van der Waals surface area contributed by atoms with Crippen molar-refractivity contribution in [3.63, 3.8) is 0 Å². The van der Waals surface area contributed by atoms with Crippen LogP contribution in [0.2, 0.25) is 0 Å². The lowest BCUT2D eigenvalue weighted by molar-refractivity contribution is -0.142. The average Bonchev–Trinajstić information content (AvgIpc) is 3.15. The third-order valence-corrected chi connectivity index (χ3v) is 4.33. The monoisotopic (exact) mass is 268 g/mol. The van der Waals surface area contributed by atoms with Crippen molar-refractivity contribution < 1.29 is 14.7 Å². The molecule has 1 saturated carbocycles. The molecule has 2 rings (SSSR count). The predicted octanol–water partition coefficient (Wildman–Crippen LogP) is 2.21. The molecule has 19 heavy (non-hydrogen) atoms. The normalized spacial score (nSPS) is 24.7. The number of likely N-dealkylation sites (tertiary alicyclic amines) is 1. The molecule has 2 fully saturated rings. The molecule has 1 heterocycles. The number of amides is 2. The van der Waals surface area contributed by atoms with Gasteiger partial charge in [0, 0.05) is 12.1 Å². The van der Waals surface area contributed by atoms with Crippen molar-refractivity contribution in [2.45, 2.75) is 64.0 Å². The van der Waals surface area contributed by atoms with Gasteiger partial charge in [-0.2, -0.15) is 0 Å². The number of hydrogen-bond donors (Lipinski definition) is 2. The largest absolute Gasteiger partial charge is 0.480 e. The summed E-state index contributed by atoms with van der Waals surface area (Å²) in [4.78, 5) is 25.2. The van der Waals surface area contributed by atoms with Crippen LogP contribution in [0.3, 0.4) is 0 Å². The molecule has 5 nitrogen and oxygen atoms in total. The highest BCUT2D eigenvalue weighted by Crippen LogP contribution is 2.39. The SMILES string of the molecule is CC(C)(NC(=O)N1CCCCCC1C(=O)O)C1CC1. The van der Waals surface area contributed by atoms with Crippen LogP contribution in [-0.2, 0) is 4.79 Å². The maximum Gasteiger partial charge on any atom is 0.326 e. The van der Waals surface area contributed by atoms with E-state index in [2.05, 4.69) is 5.32 Å². The number of hydrogen-bond acceptors (Lipinski definition) is 2. The second-order valence-corrected chi connectivity index (χ2v) is 6.32. The molecule has 2 aliphatic rings. The molecule has 0 aromatic heterocycles. The molecule has 1 aliphatic heterocycles. The first kappa shape index (κ1) is 14.2. The van der Waals surface area contributed by atoms with Crippen molar-refractivity contribution in [3.8, 4) is 0 Å². The molecule has 0 aromatic carbocycles. The number of aliphatic carboxylic acids is 1. The van der Waals surface area contributed by atoms with Crippen LogP contribution < -0.4 is 5.32 Å². The number of rotatable bonds is 3. The number of nitrogens with one attached hydrogen (secondary N) is 1. The Morgan fingerprint density at radius 3 is 2.42 bits per heavy atom. The lowest BCUT2D eigenvalue weighted by Crippen LogP contribution is -2.55. The van der Waals surface area contributed by atoms with Gasteiger partial charge in [0.1, 0.15) is 6.04 Å². The van der Waals surface area contributed by atoms with E-state index in [1.165, 1.54) is 4.90 Å². The van der Waals surface area contributed by atoms with Crippen molar-refractivity contribution >= 4 is 12.0 Å². The van der Waals surface area contributed by atoms with Gasteiger partial charge in [0.2, 0.25) is 0 Å². The zero-order chi connectivity index (χ0) is 14.0. The minimum atomic E-state index is -0.888. The van der Waals surface area contributed by atoms with Crippen molar-refractivity contribution in [1.82, 2.24) is 10.2 Å². The molecule has 2 amide bonds. The third-order valence-electron chi connectivity index (χ3n) is 4.33. The molecule has 0 bridgehead atoms. The highest BCUT2D eigenvalue weighted by molar-refractivity contribution is 5.83. The average molecular weight is 268 g/mol. The summed E-state index contributed by atoms with van der Waals surface area (Å²) >= 11 is 0. The lowest BCUT2D eigenvalue weighted by atomic mass is 9.99. The summed E-state index contributed by atoms with van der Waals surface area (Å²) in [5, 5.41) is 12.3. The minimum absolute atomic E-state index is 0.216. The Hall–Kier alpha value is -1.26. The summed E-state index contributed by atoms with van der Waals surface area (Å²) < 4.78 is 0. The van der Waals surface area contributed by atoms with Crippen LogP contribution in [0.4, 0.5) is 4.79 Å². The summed E-state index contributed by atoms with van der Waals surface area (Å²) in [6, 6.07) is -0.885. The molecule has 1 atom stereocenters. The van der Waals surface area contributed by atoms with Gasteiger partial charge in [-0.05, 0) is 45.4 Å². The van der Waals surface area contributed by atoms with Crippen LogP contribution in [0.25, 0.3) is 0 Å². The van der Waals surface area contributed by atoms with Crippen molar-refractivity contribution in [2.24, 2.45) is 5.92 Å². The second-order valence-electron chi connectivity index (χ2n) is 6.32. The summed E-state index contributed by atoms with van der Waals surface area (Å²) in [5.74, 6) is -0.354. The minimum Gasteiger partial charge on any atom is -0.480 e. The standard InChI is InChI=1S/C14H24N2O3/c1-14(2,10-7-8-10)15-13(19)16-9-5-3-4-6-11(16)12(17)18/h10-11H,3-9H2,1-2H3,(H,15,19)(H,17,18). The summed E-state index contributed by atoms with van der Waals surface area (Å²) in [6.45, 7) is 4.59. The lowest BCUT2D eigenvalue weighted by Gasteiger charge is -2.33. The number of carbonyl (C=O) groups excluding carboxylic acids is 1. The Labute approximate surface area is 114 Å². The van der Waals surface area contributed by atoms with Gasteiger partial charge < -0.3 is 15.3 Å². The zero-order valence-corrected chi connectivity index (χ0v) is 11.8. The molecule has 1 unspecified atom stereocenters. The van der Waals surface area contributed by atoms with Crippen LogP contribution in [0.15, 0.2) is 0 Å². The van der Waals surface area contributed by atoms with Gasteiger partial charge in [-0.25, -0.2) is 9.59 Å². The molecule has 108 valence electrons. The van der Waals surface area contributed by atoms with Crippen LogP contribution in [-0.4, -0.2) is 40.1 Å². The van der Waals surface area contributed by atoms with Crippen LogP contribution in [0.1, 0.15) is 52.4 Å². The van der Waals surface area contributed by atoms with Gasteiger partial charge >= 0.3 is 12.0 Å². The molecular formula is C14H24N2O3. The summed E-state index contributed by atoms with van der Waals surface area (Å²) in [5.41, 5.74) is -0.230. The van der Waals surface area contributed by atoms with Gasteiger partial charge in [0.05, 0.1) is 0 Å². The van der Waals surface area contributed by atoms with Crippen molar-refractivity contribution in [1.29, 1.82) is 0 Å². The molecule has 0 spiro atoms. The highest BCUT2D eigenvalue weighted by Gasteiger charge is 2.41. The quantitative estimate of drug-likeness (QED) is 0.824. The summed E-state index contributed by atoms with van der Waals surface area (Å²) in [6.07, 6.45) is 5.63. The molecule has 5 heteroatoms. The van der Waals surface area contributed by atoms with E-state index >= 15 is 0 Å². The van der Waals surface area contributed by atoms with Gasteiger partial charge in [-0.15, -0.1) is 0 Å². The number of urea groups is 1. The Morgan fingerprint density at radius 2 is 1.84 bits per heavy atom. The van der Waals surface area contributed by atoms with E-state index in [9.17, 15) is 14.7 Å². The van der Waals surface area contributed by atoms with E-state index in [4.69, 9.17) is 0 Å². The van der Waals surface area contributed by atoms with Crippen molar-refractivity contribution in [2.75, 3.05) is 6.54 Å². The van der Waals surface area contributed by atoms with Gasteiger partial charge in [-0.3, -0.25) is 0 Å². The topological polar surface area (TPSA) is 69.6 Å². The third kappa shape index (κ3) is 3.39. The molecule has 1 saturated heterocycles. The van der Waals surface area contributed by atoms with E-state index in [1.807, 2.05) is 13.8 Å². The molecule has 0 aromatic rings. The number of carbonyl (C=O) groups is 2. The van der Waals surface area contributed by atoms with E-state index in [-0.39, 0.29) is 11.6 Å². The zero-order valence-electron chi connectivity index (χ0n) is 11.8. The maximum absolute atomic E-state index is 12.4. The Kier molecular flexibility index (Phi) is 4.02. The van der Waals surface area contributed by atoms with Gasteiger partial charge in [-0.1, -0.05) is 12.8 Å². The highest BCUT2D eigenvalue weighted by atomic mass is 16.4. The van der Waals surface area contributed by atoms with E-state index in [0.29, 0.717) is 18.9 Å². The smallest absolute Gasteiger partial charge is 0.326 e. The maximum atomic E-state index is 12.4. The summed E-state index contributed by atoms with van der Waals surface area (Å²) in [7, 11) is 0. The fourth-order valence-electron chi connectivity index (χ4n) is 2.86. The van der Waals surface area contributed by atoms with Gasteiger partial charge in [0.25, 0.3) is 0 Å².